The van der Waals surface area contributed by atoms with Gasteiger partial charge in [-0.3, -0.25) is 0 Å². The third-order valence-corrected chi connectivity index (χ3v) is 2.08. The first-order valence-electron chi connectivity index (χ1n) is 3.71. The van der Waals surface area contributed by atoms with E-state index in [0.29, 0.717) is 5.56 Å². The van der Waals surface area contributed by atoms with Crippen LogP contribution in [0.25, 0.3) is 0 Å². The lowest BCUT2D eigenvalue weighted by Crippen LogP contribution is -1.90. The zero-order valence-electron chi connectivity index (χ0n) is 6.94. The molecule has 1 aromatic rings. The van der Waals surface area contributed by atoms with Gasteiger partial charge in [0.25, 0.3) is 0 Å². The van der Waals surface area contributed by atoms with E-state index in [1.54, 1.807) is 6.07 Å². The Balaban J connectivity index is 3.27. The maximum atomic E-state index is 12.7. The van der Waals surface area contributed by atoms with Gasteiger partial charge in [-0.15, -0.1) is 0 Å². The lowest BCUT2D eigenvalue weighted by Gasteiger charge is -2.09. The maximum Gasteiger partial charge on any atom is 0.145 e. The second-order valence-corrected chi connectivity index (χ2v) is 3.33. The van der Waals surface area contributed by atoms with Crippen molar-refractivity contribution in [2.75, 3.05) is 0 Å². The molecule has 1 rings (SSSR count). The van der Waals surface area contributed by atoms with Crippen LogP contribution in [0.2, 0.25) is 5.02 Å². The van der Waals surface area contributed by atoms with E-state index in [9.17, 15) is 9.50 Å². The molecule has 0 bridgehead atoms. The van der Waals surface area contributed by atoms with E-state index in [-0.39, 0.29) is 16.7 Å². The van der Waals surface area contributed by atoms with Gasteiger partial charge in [0, 0.05) is 0 Å². The molecular weight excluding hydrogens is 179 g/mol. The van der Waals surface area contributed by atoms with Crippen LogP contribution in [-0.2, 0) is 0 Å². The zero-order chi connectivity index (χ0) is 9.30. The van der Waals surface area contributed by atoms with Crippen LogP contribution in [0.4, 0.5) is 4.39 Å². The Morgan fingerprint density at radius 1 is 1.42 bits per heavy atom. The Hall–Kier alpha value is -0.760. The SMILES string of the molecule is CC(C)c1ccc(F)c(Cl)c1O. The van der Waals surface area contributed by atoms with Gasteiger partial charge in [-0.2, -0.15) is 0 Å². The molecule has 0 fully saturated rings. The van der Waals surface area contributed by atoms with Gasteiger partial charge >= 0.3 is 0 Å². The molecule has 1 aromatic carbocycles. The molecule has 0 spiro atoms. The van der Waals surface area contributed by atoms with E-state index in [2.05, 4.69) is 0 Å². The van der Waals surface area contributed by atoms with Gasteiger partial charge in [-0.25, -0.2) is 4.39 Å². The van der Waals surface area contributed by atoms with Gasteiger partial charge in [0.2, 0.25) is 0 Å². The number of benzene rings is 1. The van der Waals surface area contributed by atoms with Crippen LogP contribution in [0, 0.1) is 5.82 Å². The van der Waals surface area contributed by atoms with E-state index in [0.717, 1.165) is 0 Å². The maximum absolute atomic E-state index is 12.7. The number of hydrogen-bond donors (Lipinski definition) is 1. The van der Waals surface area contributed by atoms with Crippen molar-refractivity contribution in [3.05, 3.63) is 28.5 Å². The topological polar surface area (TPSA) is 20.2 Å². The molecule has 0 saturated carbocycles. The summed E-state index contributed by atoms with van der Waals surface area (Å²) in [7, 11) is 0. The van der Waals surface area contributed by atoms with Gasteiger partial charge in [-0.05, 0) is 17.5 Å². The summed E-state index contributed by atoms with van der Waals surface area (Å²) < 4.78 is 12.7. The number of phenolic OH excluding ortho intramolecular Hbond substituents is 1. The highest BCUT2D eigenvalue weighted by molar-refractivity contribution is 6.32. The summed E-state index contributed by atoms with van der Waals surface area (Å²) >= 11 is 5.50. The highest BCUT2D eigenvalue weighted by Crippen LogP contribution is 2.33. The van der Waals surface area contributed by atoms with Gasteiger partial charge in [0.1, 0.15) is 16.6 Å². The van der Waals surface area contributed by atoms with Crippen molar-refractivity contribution < 1.29 is 9.50 Å². The molecule has 12 heavy (non-hydrogen) atoms. The molecule has 0 aliphatic heterocycles. The van der Waals surface area contributed by atoms with Crippen molar-refractivity contribution in [2.45, 2.75) is 19.8 Å². The summed E-state index contributed by atoms with van der Waals surface area (Å²) in [6.45, 7) is 3.81. The van der Waals surface area contributed by atoms with Crippen LogP contribution >= 0.6 is 11.6 Å². The smallest absolute Gasteiger partial charge is 0.145 e. The minimum Gasteiger partial charge on any atom is -0.506 e. The molecule has 1 N–H and O–H groups in total. The Bertz CT molecular complexity index is 297. The predicted molar refractivity (Wildman–Crippen MR) is 47.2 cm³/mol. The Kier molecular flexibility index (Phi) is 2.58. The van der Waals surface area contributed by atoms with E-state index in [1.807, 2.05) is 13.8 Å². The summed E-state index contributed by atoms with van der Waals surface area (Å²) in [5, 5.41) is 9.18. The molecule has 0 aliphatic carbocycles. The van der Waals surface area contributed by atoms with Crippen molar-refractivity contribution in [1.29, 1.82) is 0 Å². The fourth-order valence-corrected chi connectivity index (χ4v) is 1.19. The largest absolute Gasteiger partial charge is 0.506 e. The number of hydrogen-bond acceptors (Lipinski definition) is 1. The van der Waals surface area contributed by atoms with Gasteiger partial charge in [0.05, 0.1) is 0 Å². The van der Waals surface area contributed by atoms with Crippen LogP contribution in [0.15, 0.2) is 12.1 Å². The monoisotopic (exact) mass is 188 g/mol. The predicted octanol–water partition coefficient (Wildman–Crippen LogP) is 3.31. The molecule has 0 radical (unpaired) electrons. The van der Waals surface area contributed by atoms with E-state index < -0.39 is 5.82 Å². The normalized spacial score (nSPS) is 10.8. The molecule has 0 aliphatic rings. The first-order chi connectivity index (χ1) is 5.54. The molecular formula is C9H10ClFO. The van der Waals surface area contributed by atoms with Crippen LogP contribution in [0.1, 0.15) is 25.3 Å². The second-order valence-electron chi connectivity index (χ2n) is 2.95. The van der Waals surface area contributed by atoms with E-state index >= 15 is 0 Å². The number of halogens is 2. The molecule has 0 unspecified atom stereocenters. The lowest BCUT2D eigenvalue weighted by atomic mass is 10.0. The Morgan fingerprint density at radius 3 is 2.50 bits per heavy atom. The molecule has 0 saturated heterocycles. The number of aromatic hydroxyl groups is 1. The zero-order valence-corrected chi connectivity index (χ0v) is 7.69. The average molecular weight is 189 g/mol. The van der Waals surface area contributed by atoms with E-state index in [4.69, 9.17) is 11.6 Å². The van der Waals surface area contributed by atoms with Crippen LogP contribution in [0.5, 0.6) is 5.75 Å². The van der Waals surface area contributed by atoms with Crippen molar-refractivity contribution in [3.63, 3.8) is 0 Å². The van der Waals surface area contributed by atoms with Crippen molar-refractivity contribution in [1.82, 2.24) is 0 Å². The minimum absolute atomic E-state index is 0.142. The molecule has 1 nitrogen and oxygen atoms in total. The third-order valence-electron chi connectivity index (χ3n) is 1.72. The molecule has 0 atom stereocenters. The minimum atomic E-state index is -0.585. The molecule has 3 heteroatoms. The van der Waals surface area contributed by atoms with Crippen LogP contribution < -0.4 is 0 Å². The molecule has 66 valence electrons. The first-order valence-corrected chi connectivity index (χ1v) is 4.08. The van der Waals surface area contributed by atoms with Gasteiger partial charge < -0.3 is 5.11 Å². The molecule has 0 amide bonds. The summed E-state index contributed by atoms with van der Waals surface area (Å²) in [6.07, 6.45) is 0. The summed E-state index contributed by atoms with van der Waals surface area (Å²) in [6, 6.07) is 2.80. The second kappa shape index (κ2) is 3.31. The highest BCUT2D eigenvalue weighted by atomic mass is 35.5. The van der Waals surface area contributed by atoms with Gasteiger partial charge in [0.15, 0.2) is 0 Å². The number of phenols is 1. The van der Waals surface area contributed by atoms with Crippen molar-refractivity contribution >= 4 is 11.6 Å². The summed E-state index contributed by atoms with van der Waals surface area (Å²) in [4.78, 5) is 0. The third kappa shape index (κ3) is 1.53. The summed E-state index contributed by atoms with van der Waals surface area (Å²) in [5.41, 5.74) is 0.668. The lowest BCUT2D eigenvalue weighted by molar-refractivity contribution is 0.459. The standard InChI is InChI=1S/C9H10ClFO/c1-5(2)6-3-4-7(11)8(10)9(6)12/h3-5,12H,1-2H3. The van der Waals surface area contributed by atoms with E-state index in [1.165, 1.54) is 6.07 Å². The average Bonchev–Trinajstić information content (AvgIpc) is 2.00. The Labute approximate surface area is 75.8 Å². The number of rotatable bonds is 1. The van der Waals surface area contributed by atoms with Crippen LogP contribution in [0.3, 0.4) is 0 Å². The molecule has 0 aromatic heterocycles. The van der Waals surface area contributed by atoms with Gasteiger partial charge in [-0.1, -0.05) is 31.5 Å². The molecule has 0 heterocycles. The fraction of sp³-hybridized carbons (Fsp3) is 0.333. The highest BCUT2D eigenvalue weighted by Gasteiger charge is 2.12. The van der Waals surface area contributed by atoms with Crippen molar-refractivity contribution in [3.8, 4) is 5.75 Å². The quantitative estimate of drug-likeness (QED) is 0.717. The summed E-state index contributed by atoms with van der Waals surface area (Å²) in [5.74, 6) is -0.590. The first kappa shape index (κ1) is 9.33. The Morgan fingerprint density at radius 2 is 2.00 bits per heavy atom. The van der Waals surface area contributed by atoms with Crippen molar-refractivity contribution in [2.24, 2.45) is 0 Å². The van der Waals surface area contributed by atoms with Crippen LogP contribution in [-0.4, -0.2) is 5.11 Å². The fourth-order valence-electron chi connectivity index (χ4n) is 1.02.